The van der Waals surface area contributed by atoms with Crippen LogP contribution in [0, 0.1) is 0 Å². The number of aromatic nitrogens is 3. The second-order valence-corrected chi connectivity index (χ2v) is 4.42. The van der Waals surface area contributed by atoms with E-state index in [-0.39, 0.29) is 5.69 Å². The number of hydrogen-bond donors (Lipinski definition) is 1. The Morgan fingerprint density at radius 1 is 1.15 bits per heavy atom. The molecule has 1 aromatic heterocycles. The van der Waals surface area contributed by atoms with Crippen molar-refractivity contribution in [2.24, 2.45) is 5.73 Å². The van der Waals surface area contributed by atoms with E-state index < -0.39 is 11.7 Å². The summed E-state index contributed by atoms with van der Waals surface area (Å²) >= 11 is 0. The zero-order valence-electron chi connectivity index (χ0n) is 10.8. The summed E-state index contributed by atoms with van der Waals surface area (Å²) in [5.74, 6) is 0. The maximum atomic E-state index is 12.9. The van der Waals surface area contributed by atoms with Gasteiger partial charge in [0.2, 0.25) is 0 Å². The smallest absolute Gasteiger partial charge is 0.330 e. The van der Waals surface area contributed by atoms with Crippen LogP contribution in [0.2, 0.25) is 0 Å². The zero-order chi connectivity index (χ0) is 14.6. The Balaban J connectivity index is 2.24. The van der Waals surface area contributed by atoms with Gasteiger partial charge in [-0.3, -0.25) is 0 Å². The molecule has 0 atom stereocenters. The van der Waals surface area contributed by atoms with E-state index in [1.165, 1.54) is 23.0 Å². The van der Waals surface area contributed by atoms with E-state index in [4.69, 9.17) is 5.73 Å². The van der Waals surface area contributed by atoms with Gasteiger partial charge in [-0.05, 0) is 37.9 Å². The van der Waals surface area contributed by atoms with Crippen LogP contribution < -0.4 is 5.73 Å². The highest BCUT2D eigenvalue weighted by atomic mass is 19.4. The summed E-state index contributed by atoms with van der Waals surface area (Å²) in [6, 6.07) is 5.30. The predicted octanol–water partition coefficient (Wildman–Crippen LogP) is 2.57. The molecule has 0 aliphatic carbocycles. The molecule has 20 heavy (non-hydrogen) atoms. The summed E-state index contributed by atoms with van der Waals surface area (Å²) < 4.78 is 39.9. The van der Waals surface area contributed by atoms with E-state index in [9.17, 15) is 13.2 Å². The summed E-state index contributed by atoms with van der Waals surface area (Å²) in [7, 11) is 0. The first kappa shape index (κ1) is 14.5. The van der Waals surface area contributed by atoms with Gasteiger partial charge in [-0.15, -0.1) is 5.10 Å². The summed E-state index contributed by atoms with van der Waals surface area (Å²) in [4.78, 5) is 0. The van der Waals surface area contributed by atoms with Crippen molar-refractivity contribution >= 4 is 0 Å². The van der Waals surface area contributed by atoms with Crippen LogP contribution in [0.3, 0.4) is 0 Å². The molecule has 0 spiro atoms. The van der Waals surface area contributed by atoms with Gasteiger partial charge in [0, 0.05) is 0 Å². The Morgan fingerprint density at radius 3 is 2.60 bits per heavy atom. The van der Waals surface area contributed by atoms with Crippen molar-refractivity contribution in [2.75, 3.05) is 6.54 Å². The summed E-state index contributed by atoms with van der Waals surface area (Å²) in [5, 5.41) is 7.67. The molecule has 4 nitrogen and oxygen atoms in total. The van der Waals surface area contributed by atoms with Crippen LogP contribution >= 0.6 is 0 Å². The minimum absolute atomic E-state index is 0.0161. The third-order valence-corrected chi connectivity index (χ3v) is 2.88. The van der Waals surface area contributed by atoms with Crippen molar-refractivity contribution in [3.8, 4) is 5.69 Å². The standard InChI is InChI=1S/C13H15F3N4/c14-13(15,16)11-6-1-2-7-12(11)20-9-10(18-19-20)5-3-4-8-17/h1-2,6-7,9H,3-5,8,17H2. The first-order chi connectivity index (χ1) is 9.52. The van der Waals surface area contributed by atoms with Gasteiger partial charge in [-0.2, -0.15) is 13.2 Å². The molecule has 0 bridgehead atoms. The van der Waals surface area contributed by atoms with Gasteiger partial charge < -0.3 is 5.73 Å². The Bertz CT molecular complexity index is 563. The molecule has 0 fully saturated rings. The van der Waals surface area contributed by atoms with Crippen LogP contribution in [-0.4, -0.2) is 21.5 Å². The fourth-order valence-corrected chi connectivity index (χ4v) is 1.89. The fourth-order valence-electron chi connectivity index (χ4n) is 1.89. The molecule has 0 saturated heterocycles. The molecule has 0 radical (unpaired) electrons. The van der Waals surface area contributed by atoms with Crippen molar-refractivity contribution in [3.63, 3.8) is 0 Å². The third-order valence-electron chi connectivity index (χ3n) is 2.88. The zero-order valence-corrected chi connectivity index (χ0v) is 10.8. The van der Waals surface area contributed by atoms with Crippen molar-refractivity contribution in [1.82, 2.24) is 15.0 Å². The van der Waals surface area contributed by atoms with E-state index in [2.05, 4.69) is 10.3 Å². The highest BCUT2D eigenvalue weighted by molar-refractivity contribution is 5.42. The molecule has 2 rings (SSSR count). The summed E-state index contributed by atoms with van der Waals surface area (Å²) in [6.45, 7) is 0.588. The van der Waals surface area contributed by atoms with Crippen molar-refractivity contribution in [1.29, 1.82) is 0 Å². The molecule has 1 heterocycles. The molecule has 0 aliphatic rings. The number of rotatable bonds is 5. The van der Waals surface area contributed by atoms with E-state index in [0.29, 0.717) is 18.7 Å². The van der Waals surface area contributed by atoms with E-state index in [1.54, 1.807) is 6.07 Å². The summed E-state index contributed by atoms with van der Waals surface area (Å²) in [5.41, 5.74) is 5.31. The maximum Gasteiger partial charge on any atom is 0.418 e. The second kappa shape index (κ2) is 6.04. The van der Waals surface area contributed by atoms with Crippen molar-refractivity contribution in [3.05, 3.63) is 41.7 Å². The second-order valence-electron chi connectivity index (χ2n) is 4.42. The molecular formula is C13H15F3N4. The van der Waals surface area contributed by atoms with Gasteiger partial charge in [0.05, 0.1) is 23.1 Å². The average molecular weight is 284 g/mol. The van der Waals surface area contributed by atoms with Gasteiger partial charge in [-0.1, -0.05) is 17.3 Å². The minimum atomic E-state index is -4.41. The minimum Gasteiger partial charge on any atom is -0.330 e. The monoisotopic (exact) mass is 284 g/mol. The Kier molecular flexibility index (Phi) is 4.39. The molecule has 0 aliphatic heterocycles. The van der Waals surface area contributed by atoms with Gasteiger partial charge in [-0.25, -0.2) is 4.68 Å². The third kappa shape index (κ3) is 3.36. The van der Waals surface area contributed by atoms with Crippen LogP contribution in [-0.2, 0) is 12.6 Å². The number of benzene rings is 1. The lowest BCUT2D eigenvalue weighted by Gasteiger charge is -2.11. The summed E-state index contributed by atoms with van der Waals surface area (Å²) in [6.07, 6.45) is -0.531. The Hall–Kier alpha value is -1.89. The van der Waals surface area contributed by atoms with Crippen LogP contribution in [0.25, 0.3) is 5.69 Å². The average Bonchev–Trinajstić information content (AvgIpc) is 2.87. The molecule has 0 amide bonds. The van der Waals surface area contributed by atoms with Gasteiger partial charge >= 0.3 is 6.18 Å². The SMILES string of the molecule is NCCCCc1cn(-c2ccccc2C(F)(F)F)nn1. The topological polar surface area (TPSA) is 56.7 Å². The first-order valence-electron chi connectivity index (χ1n) is 6.30. The number of unbranched alkanes of at least 4 members (excludes halogenated alkanes) is 1. The number of hydrogen-bond acceptors (Lipinski definition) is 3. The molecule has 2 N–H and O–H groups in total. The molecule has 108 valence electrons. The quantitative estimate of drug-likeness (QED) is 0.858. The lowest BCUT2D eigenvalue weighted by molar-refractivity contribution is -0.137. The Labute approximate surface area is 114 Å². The first-order valence-corrected chi connectivity index (χ1v) is 6.30. The normalized spacial score (nSPS) is 11.8. The van der Waals surface area contributed by atoms with Crippen LogP contribution in [0.1, 0.15) is 24.1 Å². The fraction of sp³-hybridized carbons (Fsp3) is 0.385. The van der Waals surface area contributed by atoms with Crippen LogP contribution in [0.4, 0.5) is 13.2 Å². The lowest BCUT2D eigenvalue weighted by Crippen LogP contribution is -2.10. The highest BCUT2D eigenvalue weighted by Crippen LogP contribution is 2.33. The molecule has 1 aromatic carbocycles. The molecule has 7 heteroatoms. The van der Waals surface area contributed by atoms with Gasteiger partial charge in [0.25, 0.3) is 0 Å². The largest absolute Gasteiger partial charge is 0.418 e. The Morgan fingerprint density at radius 2 is 1.90 bits per heavy atom. The highest BCUT2D eigenvalue weighted by Gasteiger charge is 2.33. The maximum absolute atomic E-state index is 12.9. The molecular weight excluding hydrogens is 269 g/mol. The lowest BCUT2D eigenvalue weighted by atomic mass is 10.1. The molecule has 2 aromatic rings. The van der Waals surface area contributed by atoms with Crippen molar-refractivity contribution < 1.29 is 13.2 Å². The van der Waals surface area contributed by atoms with Gasteiger partial charge in [0.15, 0.2) is 0 Å². The number of nitrogens with zero attached hydrogens (tertiary/aromatic N) is 3. The van der Waals surface area contributed by atoms with Crippen LogP contribution in [0.15, 0.2) is 30.5 Å². The van der Waals surface area contributed by atoms with E-state index >= 15 is 0 Å². The van der Waals surface area contributed by atoms with Crippen molar-refractivity contribution in [2.45, 2.75) is 25.4 Å². The molecule has 0 saturated carbocycles. The van der Waals surface area contributed by atoms with Gasteiger partial charge in [0.1, 0.15) is 0 Å². The number of nitrogens with two attached hydrogens (primary N) is 1. The predicted molar refractivity (Wildman–Crippen MR) is 68.4 cm³/mol. The molecule has 0 unspecified atom stereocenters. The number of aryl methyl sites for hydroxylation is 1. The van der Waals surface area contributed by atoms with E-state index in [1.807, 2.05) is 0 Å². The van der Waals surface area contributed by atoms with E-state index in [0.717, 1.165) is 18.9 Å². The number of para-hydroxylation sites is 1. The number of alkyl halides is 3. The van der Waals surface area contributed by atoms with Crippen LogP contribution in [0.5, 0.6) is 0 Å². The number of halogens is 3.